The maximum atomic E-state index is 12.7. The number of hydrogen-bond acceptors (Lipinski definition) is 6. The lowest BCUT2D eigenvalue weighted by Gasteiger charge is -2.58. The van der Waals surface area contributed by atoms with Crippen molar-refractivity contribution in [2.24, 2.45) is 46.3 Å². The molecular weight excluding hydrogens is 673 g/mol. The molecule has 2 heterocycles. The average Bonchev–Trinajstić information content (AvgIpc) is 3.77. The van der Waals surface area contributed by atoms with E-state index in [1.165, 1.54) is 51.4 Å². The molecule has 6 aliphatic rings. The fraction of sp³-hybridized carbons (Fsp3) is 0.881. The van der Waals surface area contributed by atoms with Crippen molar-refractivity contribution in [3.8, 4) is 0 Å². The Labute approximate surface area is 318 Å². The van der Waals surface area contributed by atoms with E-state index in [2.05, 4.69) is 62.0 Å². The maximum Gasteiger partial charge on any atom is 0.407 e. The van der Waals surface area contributed by atoms with Gasteiger partial charge in [-0.25, -0.2) is 9.59 Å². The van der Waals surface area contributed by atoms with Crippen molar-refractivity contribution < 1.29 is 23.9 Å². The van der Waals surface area contributed by atoms with E-state index in [4.69, 9.17) is 9.47 Å². The van der Waals surface area contributed by atoms with Crippen molar-refractivity contribution in [1.82, 2.24) is 21.3 Å². The molecule has 9 nitrogen and oxygen atoms in total. The van der Waals surface area contributed by atoms with Crippen LogP contribution < -0.4 is 21.3 Å². The number of amides is 4. The molecule has 2 aliphatic heterocycles. The molecule has 0 spiro atoms. The molecule has 2 saturated heterocycles. The number of alkyl carbamates (subject to hydrolysis) is 1. The van der Waals surface area contributed by atoms with E-state index in [-0.39, 0.29) is 41.6 Å². The average molecular weight is 743 g/mol. The number of thioether (sulfide) groups is 1. The SMILES string of the molecule is CC(C)CCCC(C)C1CCC2C3CC=C4CC(OC(=O)NCCOCCNC(=O)CCCCC5SCC6NC(=O)NC65)CCC4(C)C3CCC12C. The lowest BCUT2D eigenvalue weighted by Crippen LogP contribution is -2.51. The second-order valence-electron chi connectivity index (χ2n) is 18.3. The highest BCUT2D eigenvalue weighted by atomic mass is 32.2. The highest BCUT2D eigenvalue weighted by molar-refractivity contribution is 8.00. The molecule has 0 radical (unpaired) electrons. The number of ether oxygens (including phenoxy) is 2. The van der Waals surface area contributed by atoms with Gasteiger partial charge in [0.25, 0.3) is 0 Å². The zero-order chi connectivity index (χ0) is 36.9. The molecule has 5 fully saturated rings. The summed E-state index contributed by atoms with van der Waals surface area (Å²) < 4.78 is 11.6. The van der Waals surface area contributed by atoms with Gasteiger partial charge in [-0.3, -0.25) is 4.79 Å². The minimum absolute atomic E-state index is 0.0388. The van der Waals surface area contributed by atoms with E-state index in [9.17, 15) is 14.4 Å². The molecule has 0 aromatic heterocycles. The molecule has 4 aliphatic carbocycles. The first-order chi connectivity index (χ1) is 25.0. The largest absolute Gasteiger partial charge is 0.446 e. The number of urea groups is 1. The van der Waals surface area contributed by atoms with Crippen LogP contribution in [0.25, 0.3) is 0 Å². The first-order valence-electron chi connectivity index (χ1n) is 21.1. The van der Waals surface area contributed by atoms with Crippen LogP contribution in [0, 0.1) is 46.3 Å². The van der Waals surface area contributed by atoms with Crippen LogP contribution in [0.15, 0.2) is 11.6 Å². The Hall–Kier alpha value is -1.94. The molecule has 11 atom stereocenters. The minimum atomic E-state index is -0.356. The van der Waals surface area contributed by atoms with Gasteiger partial charge >= 0.3 is 12.1 Å². The Bertz CT molecular complexity index is 1280. The predicted octanol–water partition coefficient (Wildman–Crippen LogP) is 7.98. The van der Waals surface area contributed by atoms with Crippen LogP contribution in [0.5, 0.6) is 0 Å². The van der Waals surface area contributed by atoms with Crippen molar-refractivity contribution in [2.45, 2.75) is 154 Å². The van der Waals surface area contributed by atoms with Gasteiger partial charge in [0.05, 0.1) is 25.3 Å². The topological polar surface area (TPSA) is 118 Å². The zero-order valence-electron chi connectivity index (χ0n) is 32.9. The highest BCUT2D eigenvalue weighted by Crippen LogP contribution is 2.67. The summed E-state index contributed by atoms with van der Waals surface area (Å²) in [5.74, 6) is 5.98. The molecule has 4 amide bonds. The second-order valence-corrected chi connectivity index (χ2v) is 19.6. The Morgan fingerprint density at radius 2 is 1.77 bits per heavy atom. The summed E-state index contributed by atoms with van der Waals surface area (Å²) >= 11 is 1.91. The number of nitrogens with one attached hydrogen (secondary N) is 4. The Morgan fingerprint density at radius 1 is 0.962 bits per heavy atom. The Morgan fingerprint density at radius 3 is 2.58 bits per heavy atom. The van der Waals surface area contributed by atoms with Crippen LogP contribution in [0.2, 0.25) is 0 Å². The predicted molar refractivity (Wildman–Crippen MR) is 209 cm³/mol. The van der Waals surface area contributed by atoms with E-state index < -0.39 is 0 Å². The van der Waals surface area contributed by atoms with Crippen molar-refractivity contribution in [1.29, 1.82) is 0 Å². The summed E-state index contributed by atoms with van der Waals surface area (Å²) in [6.07, 6.45) is 19.4. The van der Waals surface area contributed by atoms with Crippen molar-refractivity contribution in [3.05, 3.63) is 11.6 Å². The summed E-state index contributed by atoms with van der Waals surface area (Å²) in [5.41, 5.74) is 2.30. The first kappa shape index (κ1) is 39.7. The summed E-state index contributed by atoms with van der Waals surface area (Å²) in [6.45, 7) is 14.1. The lowest BCUT2D eigenvalue weighted by molar-refractivity contribution is -0.121. The molecule has 0 aromatic rings. The van der Waals surface area contributed by atoms with E-state index >= 15 is 0 Å². The zero-order valence-corrected chi connectivity index (χ0v) is 33.8. The van der Waals surface area contributed by atoms with Crippen molar-refractivity contribution >= 4 is 29.8 Å². The molecule has 0 aromatic carbocycles. The van der Waals surface area contributed by atoms with Gasteiger partial charge in [-0.2, -0.15) is 11.8 Å². The first-order valence-corrected chi connectivity index (χ1v) is 22.2. The minimum Gasteiger partial charge on any atom is -0.446 e. The molecule has 11 unspecified atom stereocenters. The standard InChI is InChI=1S/C42H70N4O5S/c1-27(2)9-8-10-28(3)32-15-16-33-31-14-13-29-25-30(17-19-41(29,4)34(31)18-20-42(32,33)5)51-40(49)44-22-24-50-23-21-43-37(47)12-7-6-11-36-38-35(26-52-36)45-39(48)46-38/h13,27-28,30-36,38H,6-12,14-26H2,1-5H3,(H,43,47)(H,44,49)(H2,45,46,48). The maximum absolute atomic E-state index is 12.7. The number of carbonyl (C=O) groups is 3. The molecular formula is C42H70N4O5S. The van der Waals surface area contributed by atoms with Crippen LogP contribution in [0.3, 0.4) is 0 Å². The number of rotatable bonds is 17. The van der Waals surface area contributed by atoms with Crippen LogP contribution in [-0.2, 0) is 14.3 Å². The van der Waals surface area contributed by atoms with Gasteiger partial charge in [0, 0.05) is 36.9 Å². The van der Waals surface area contributed by atoms with Crippen molar-refractivity contribution in [3.63, 3.8) is 0 Å². The molecule has 10 heteroatoms. The molecule has 4 N–H and O–H groups in total. The third kappa shape index (κ3) is 9.12. The lowest BCUT2D eigenvalue weighted by atomic mass is 9.47. The van der Waals surface area contributed by atoms with Gasteiger partial charge in [-0.1, -0.05) is 72.0 Å². The fourth-order valence-corrected chi connectivity index (χ4v) is 13.4. The van der Waals surface area contributed by atoms with Gasteiger partial charge in [0.15, 0.2) is 0 Å². The van der Waals surface area contributed by atoms with Crippen LogP contribution in [-0.4, -0.2) is 73.5 Å². The number of unbranched alkanes of at least 4 members (excludes halogenated alkanes) is 1. The monoisotopic (exact) mass is 743 g/mol. The van der Waals surface area contributed by atoms with E-state index in [0.29, 0.717) is 43.4 Å². The number of carbonyl (C=O) groups excluding carboxylic acids is 3. The van der Waals surface area contributed by atoms with E-state index in [0.717, 1.165) is 79.8 Å². The molecule has 294 valence electrons. The van der Waals surface area contributed by atoms with Crippen LogP contribution in [0.1, 0.15) is 131 Å². The van der Waals surface area contributed by atoms with E-state index in [1.807, 2.05) is 11.8 Å². The third-order valence-corrected chi connectivity index (χ3v) is 16.2. The summed E-state index contributed by atoms with van der Waals surface area (Å²) in [6, 6.07) is 0.410. The normalized spacial score (nSPS) is 36.8. The number of hydrogen-bond donors (Lipinski definition) is 4. The summed E-state index contributed by atoms with van der Waals surface area (Å²) in [4.78, 5) is 36.5. The van der Waals surface area contributed by atoms with Gasteiger partial charge in [-0.15, -0.1) is 0 Å². The van der Waals surface area contributed by atoms with Crippen LogP contribution in [0.4, 0.5) is 9.59 Å². The molecule has 0 bridgehead atoms. The van der Waals surface area contributed by atoms with Gasteiger partial charge in [0.2, 0.25) is 5.91 Å². The number of allylic oxidation sites excluding steroid dienone is 1. The number of fused-ring (bicyclic) bond motifs is 6. The molecule has 6 rings (SSSR count). The van der Waals surface area contributed by atoms with Gasteiger partial charge < -0.3 is 30.7 Å². The fourth-order valence-electron chi connectivity index (χ4n) is 11.9. The Kier molecular flexibility index (Phi) is 13.5. The summed E-state index contributed by atoms with van der Waals surface area (Å²) in [5, 5.41) is 12.2. The highest BCUT2D eigenvalue weighted by Gasteiger charge is 2.59. The van der Waals surface area contributed by atoms with Gasteiger partial charge in [0.1, 0.15) is 6.10 Å². The molecule has 3 saturated carbocycles. The summed E-state index contributed by atoms with van der Waals surface area (Å²) in [7, 11) is 0. The van der Waals surface area contributed by atoms with E-state index in [1.54, 1.807) is 5.57 Å². The molecule has 52 heavy (non-hydrogen) atoms. The van der Waals surface area contributed by atoms with Gasteiger partial charge in [-0.05, 0) is 104 Å². The second kappa shape index (κ2) is 17.7. The third-order valence-electron chi connectivity index (χ3n) is 14.7. The Balaban J connectivity index is 0.831. The van der Waals surface area contributed by atoms with Crippen molar-refractivity contribution in [2.75, 3.05) is 32.1 Å². The van der Waals surface area contributed by atoms with Crippen LogP contribution >= 0.6 is 11.8 Å². The quantitative estimate of drug-likeness (QED) is 0.0683. The smallest absolute Gasteiger partial charge is 0.407 e.